The third-order valence-corrected chi connectivity index (χ3v) is 6.97. The molecular formula is C15H13BrN2O4S2. The standard InChI is InChI=1S/C15H13BrN2O4S2/c1-9-14(16)15(22-17-9)13-10(5-3-6-11(13)21-2)18-24(19,20)12-7-4-8-23-12/h3-8,18H,1-2H3. The van der Waals surface area contributed by atoms with Crippen LogP contribution < -0.4 is 9.46 Å². The fraction of sp³-hybridized carbons (Fsp3) is 0.133. The lowest BCUT2D eigenvalue weighted by atomic mass is 10.1. The van der Waals surface area contributed by atoms with Gasteiger partial charge in [0.2, 0.25) is 0 Å². The zero-order valence-corrected chi connectivity index (χ0v) is 16.0. The number of hydrogen-bond donors (Lipinski definition) is 1. The van der Waals surface area contributed by atoms with E-state index in [1.54, 1.807) is 42.6 Å². The third-order valence-electron chi connectivity index (χ3n) is 3.27. The first-order valence-corrected chi connectivity index (χ1v) is 9.95. The molecule has 2 heterocycles. The molecule has 0 bridgehead atoms. The van der Waals surface area contributed by atoms with E-state index < -0.39 is 10.0 Å². The molecule has 6 nitrogen and oxygen atoms in total. The highest BCUT2D eigenvalue weighted by molar-refractivity contribution is 9.10. The molecule has 0 spiro atoms. The predicted molar refractivity (Wildman–Crippen MR) is 96.1 cm³/mol. The van der Waals surface area contributed by atoms with Gasteiger partial charge in [0.1, 0.15) is 9.96 Å². The highest BCUT2D eigenvalue weighted by Gasteiger charge is 2.24. The quantitative estimate of drug-likeness (QED) is 0.655. The van der Waals surface area contributed by atoms with Crippen LogP contribution in [-0.2, 0) is 10.0 Å². The van der Waals surface area contributed by atoms with Crippen LogP contribution >= 0.6 is 27.3 Å². The van der Waals surface area contributed by atoms with Gasteiger partial charge in [0.05, 0.1) is 28.5 Å². The van der Waals surface area contributed by atoms with Crippen LogP contribution in [0.15, 0.2) is 48.9 Å². The minimum atomic E-state index is -3.70. The zero-order chi connectivity index (χ0) is 17.3. The van der Waals surface area contributed by atoms with Crippen molar-refractivity contribution in [2.24, 2.45) is 0 Å². The summed E-state index contributed by atoms with van der Waals surface area (Å²) in [4.78, 5) is 0. The lowest BCUT2D eigenvalue weighted by Gasteiger charge is -2.13. The maximum atomic E-state index is 12.5. The molecule has 0 saturated carbocycles. The van der Waals surface area contributed by atoms with Crippen LogP contribution in [0.2, 0.25) is 0 Å². The second-order valence-electron chi connectivity index (χ2n) is 4.83. The van der Waals surface area contributed by atoms with Crippen molar-refractivity contribution < 1.29 is 17.7 Å². The molecule has 0 amide bonds. The molecule has 0 atom stereocenters. The molecule has 0 aliphatic heterocycles. The Hall–Kier alpha value is -1.84. The molecule has 0 aliphatic carbocycles. The lowest BCUT2D eigenvalue weighted by Crippen LogP contribution is -2.12. The molecule has 1 aromatic carbocycles. The first kappa shape index (κ1) is 17.0. The Balaban J connectivity index is 2.14. The van der Waals surface area contributed by atoms with Gasteiger partial charge in [-0.15, -0.1) is 11.3 Å². The Labute approximate surface area is 151 Å². The van der Waals surface area contributed by atoms with Crippen LogP contribution in [0.25, 0.3) is 11.3 Å². The monoisotopic (exact) mass is 428 g/mol. The summed E-state index contributed by atoms with van der Waals surface area (Å²) in [6.45, 7) is 1.78. The molecule has 3 rings (SSSR count). The second-order valence-corrected chi connectivity index (χ2v) is 8.48. The van der Waals surface area contributed by atoms with Crippen molar-refractivity contribution in [3.63, 3.8) is 0 Å². The average molecular weight is 429 g/mol. The van der Waals surface area contributed by atoms with E-state index in [0.717, 1.165) is 11.3 Å². The van der Waals surface area contributed by atoms with Crippen LogP contribution in [0.4, 0.5) is 5.69 Å². The van der Waals surface area contributed by atoms with Gasteiger partial charge in [-0.3, -0.25) is 4.72 Å². The minimum absolute atomic E-state index is 0.226. The molecule has 0 aliphatic rings. The maximum absolute atomic E-state index is 12.5. The predicted octanol–water partition coefficient (Wildman–Crippen LogP) is 4.28. The number of nitrogens with one attached hydrogen (secondary N) is 1. The number of benzene rings is 1. The molecule has 1 N–H and O–H groups in total. The van der Waals surface area contributed by atoms with Crippen LogP contribution in [-0.4, -0.2) is 20.7 Å². The summed E-state index contributed by atoms with van der Waals surface area (Å²) in [6.07, 6.45) is 0. The summed E-state index contributed by atoms with van der Waals surface area (Å²) < 4.78 is 39.3. The summed E-state index contributed by atoms with van der Waals surface area (Å²) in [5, 5.41) is 5.61. The lowest BCUT2D eigenvalue weighted by molar-refractivity contribution is 0.405. The van der Waals surface area contributed by atoms with Gasteiger partial charge in [0.15, 0.2) is 5.76 Å². The Morgan fingerprint density at radius 3 is 2.67 bits per heavy atom. The van der Waals surface area contributed by atoms with E-state index in [1.165, 1.54) is 7.11 Å². The summed E-state index contributed by atoms with van der Waals surface area (Å²) in [5.74, 6) is 0.868. The molecule has 2 aromatic heterocycles. The maximum Gasteiger partial charge on any atom is 0.271 e. The van der Waals surface area contributed by atoms with E-state index in [4.69, 9.17) is 9.26 Å². The fourth-order valence-electron chi connectivity index (χ4n) is 2.15. The van der Waals surface area contributed by atoms with Crippen molar-refractivity contribution in [3.05, 3.63) is 45.9 Å². The number of anilines is 1. The highest BCUT2D eigenvalue weighted by Crippen LogP contribution is 2.42. The van der Waals surface area contributed by atoms with Crippen molar-refractivity contribution in [1.29, 1.82) is 0 Å². The summed E-state index contributed by atoms with van der Waals surface area (Å²) in [7, 11) is -2.19. The number of sulfonamides is 1. The SMILES string of the molecule is COc1cccc(NS(=O)(=O)c2cccs2)c1-c1onc(C)c1Br. The largest absolute Gasteiger partial charge is 0.496 e. The van der Waals surface area contributed by atoms with Gasteiger partial charge in [-0.2, -0.15) is 0 Å². The van der Waals surface area contributed by atoms with E-state index in [-0.39, 0.29) is 4.21 Å². The Kier molecular flexibility index (Phi) is 4.66. The molecule has 9 heteroatoms. The van der Waals surface area contributed by atoms with Crippen molar-refractivity contribution >= 4 is 43.0 Å². The minimum Gasteiger partial charge on any atom is -0.496 e. The van der Waals surface area contributed by atoms with Gasteiger partial charge in [0.25, 0.3) is 10.0 Å². The molecule has 0 fully saturated rings. The number of rotatable bonds is 5. The Bertz CT molecular complexity index is 966. The van der Waals surface area contributed by atoms with Crippen molar-refractivity contribution in [2.45, 2.75) is 11.1 Å². The first-order valence-electron chi connectivity index (χ1n) is 6.79. The van der Waals surface area contributed by atoms with E-state index >= 15 is 0 Å². The second kappa shape index (κ2) is 6.58. The molecule has 0 radical (unpaired) electrons. The number of halogens is 1. The molecule has 0 saturated heterocycles. The van der Waals surface area contributed by atoms with Crippen LogP contribution in [0, 0.1) is 6.92 Å². The summed E-state index contributed by atoms with van der Waals surface area (Å²) >= 11 is 4.56. The van der Waals surface area contributed by atoms with Crippen LogP contribution in [0.1, 0.15) is 5.69 Å². The third kappa shape index (κ3) is 3.06. The molecule has 0 unspecified atom stereocenters. The van der Waals surface area contributed by atoms with E-state index in [1.807, 2.05) is 0 Å². The fourth-order valence-corrected chi connectivity index (χ4v) is 4.55. The van der Waals surface area contributed by atoms with E-state index in [9.17, 15) is 8.42 Å². The average Bonchev–Trinajstić information content (AvgIpc) is 3.19. The zero-order valence-electron chi connectivity index (χ0n) is 12.7. The molecule has 24 heavy (non-hydrogen) atoms. The summed E-state index contributed by atoms with van der Waals surface area (Å²) in [6, 6.07) is 8.30. The number of methoxy groups -OCH3 is 1. The molecule has 126 valence electrons. The number of ether oxygens (including phenoxy) is 1. The first-order chi connectivity index (χ1) is 11.4. The number of thiophene rings is 1. The number of aryl methyl sites for hydroxylation is 1. The van der Waals surface area contributed by atoms with Crippen molar-refractivity contribution in [3.8, 4) is 17.1 Å². The normalized spacial score (nSPS) is 11.5. The van der Waals surface area contributed by atoms with Gasteiger partial charge < -0.3 is 9.26 Å². The number of hydrogen-bond acceptors (Lipinski definition) is 6. The van der Waals surface area contributed by atoms with E-state index in [2.05, 4.69) is 25.8 Å². The van der Waals surface area contributed by atoms with Crippen LogP contribution in [0.5, 0.6) is 5.75 Å². The van der Waals surface area contributed by atoms with Gasteiger partial charge >= 0.3 is 0 Å². The number of aromatic nitrogens is 1. The Morgan fingerprint density at radius 1 is 1.29 bits per heavy atom. The molecule has 3 aromatic rings. The summed E-state index contributed by atoms with van der Waals surface area (Å²) in [5.41, 5.74) is 1.48. The van der Waals surface area contributed by atoms with E-state index in [0.29, 0.717) is 32.9 Å². The van der Waals surface area contributed by atoms with Crippen molar-refractivity contribution in [2.75, 3.05) is 11.8 Å². The highest BCUT2D eigenvalue weighted by atomic mass is 79.9. The van der Waals surface area contributed by atoms with Crippen LogP contribution in [0.3, 0.4) is 0 Å². The number of nitrogens with zero attached hydrogens (tertiary/aromatic N) is 1. The topological polar surface area (TPSA) is 81.4 Å². The van der Waals surface area contributed by atoms with Gasteiger partial charge in [-0.25, -0.2) is 8.42 Å². The van der Waals surface area contributed by atoms with Gasteiger partial charge in [-0.1, -0.05) is 17.3 Å². The van der Waals surface area contributed by atoms with Crippen molar-refractivity contribution in [1.82, 2.24) is 5.16 Å². The molecular weight excluding hydrogens is 416 g/mol. The Morgan fingerprint density at radius 2 is 2.08 bits per heavy atom. The smallest absolute Gasteiger partial charge is 0.271 e. The van der Waals surface area contributed by atoms with Gasteiger partial charge in [-0.05, 0) is 46.4 Å². The van der Waals surface area contributed by atoms with Gasteiger partial charge in [0, 0.05) is 0 Å².